The summed E-state index contributed by atoms with van der Waals surface area (Å²) < 4.78 is 0. The van der Waals surface area contributed by atoms with Crippen LogP contribution in [-0.2, 0) is 0 Å². The van der Waals surface area contributed by atoms with Gasteiger partial charge in [-0.1, -0.05) is 44.7 Å². The van der Waals surface area contributed by atoms with E-state index >= 15 is 0 Å². The zero-order valence-corrected chi connectivity index (χ0v) is 6.67. The van der Waals surface area contributed by atoms with Crippen molar-refractivity contribution in [2.75, 3.05) is 0 Å². The highest BCUT2D eigenvalue weighted by Gasteiger charge is 2.07. The molecule has 1 rings (SSSR count). The molecule has 0 aromatic heterocycles. The second-order valence-electron chi connectivity index (χ2n) is 2.90. The van der Waals surface area contributed by atoms with Gasteiger partial charge in [-0.25, -0.2) is 0 Å². The maximum Gasteiger partial charge on any atom is -0.00134 e. The second kappa shape index (κ2) is 2.87. The van der Waals surface area contributed by atoms with Gasteiger partial charge in [-0.15, -0.1) is 0 Å². The van der Waals surface area contributed by atoms with Crippen LogP contribution in [0.15, 0.2) is 36.5 Å². The number of rotatable bonds is 1. The van der Waals surface area contributed by atoms with Crippen LogP contribution in [0.5, 0.6) is 0 Å². The van der Waals surface area contributed by atoms with E-state index in [-0.39, 0.29) is 0 Å². The molecule has 0 bridgehead atoms. The van der Waals surface area contributed by atoms with Crippen molar-refractivity contribution in [3.63, 3.8) is 0 Å². The molecule has 0 aromatic rings. The summed E-state index contributed by atoms with van der Waals surface area (Å²) in [5.74, 6) is 1.15. The third kappa shape index (κ3) is 1.38. The minimum atomic E-state index is 0.564. The first-order valence-electron chi connectivity index (χ1n) is 3.76. The largest absolute Gasteiger partial charge is 0.0988 e. The first kappa shape index (κ1) is 7.33. The first-order chi connectivity index (χ1) is 4.74. The molecular formula is C10H14. The lowest BCUT2D eigenvalue weighted by atomic mass is 9.91. The molecule has 0 saturated heterocycles. The summed E-state index contributed by atoms with van der Waals surface area (Å²) in [7, 11) is 0. The first-order valence-corrected chi connectivity index (χ1v) is 3.76. The third-order valence-corrected chi connectivity index (χ3v) is 1.92. The quantitative estimate of drug-likeness (QED) is 0.484. The highest BCUT2D eigenvalue weighted by molar-refractivity contribution is 5.28. The normalized spacial score (nSPS) is 31.6. The van der Waals surface area contributed by atoms with Gasteiger partial charge < -0.3 is 0 Å². The predicted octanol–water partition coefficient (Wildman–Crippen LogP) is 2.94. The van der Waals surface area contributed by atoms with E-state index in [1.165, 1.54) is 5.57 Å². The fourth-order valence-electron chi connectivity index (χ4n) is 1.22. The van der Waals surface area contributed by atoms with Crippen molar-refractivity contribution in [2.24, 2.45) is 11.8 Å². The van der Waals surface area contributed by atoms with Gasteiger partial charge in [0.1, 0.15) is 0 Å². The van der Waals surface area contributed by atoms with E-state index < -0.39 is 0 Å². The molecule has 0 heteroatoms. The maximum atomic E-state index is 3.77. The molecule has 0 N–H and O–H groups in total. The van der Waals surface area contributed by atoms with Crippen LogP contribution in [0.3, 0.4) is 0 Å². The highest BCUT2D eigenvalue weighted by Crippen LogP contribution is 2.21. The van der Waals surface area contributed by atoms with Crippen molar-refractivity contribution in [1.82, 2.24) is 0 Å². The number of hydrogen-bond donors (Lipinski definition) is 0. The van der Waals surface area contributed by atoms with E-state index in [9.17, 15) is 0 Å². The van der Waals surface area contributed by atoms with Crippen LogP contribution in [0.2, 0.25) is 0 Å². The fraction of sp³-hybridized carbons (Fsp3) is 0.400. The molecule has 54 valence electrons. The summed E-state index contributed by atoms with van der Waals surface area (Å²) in [4.78, 5) is 0. The van der Waals surface area contributed by atoms with Crippen LogP contribution in [0, 0.1) is 11.8 Å². The van der Waals surface area contributed by atoms with Crippen molar-refractivity contribution in [3.05, 3.63) is 36.5 Å². The van der Waals surface area contributed by atoms with E-state index in [1.54, 1.807) is 0 Å². The van der Waals surface area contributed by atoms with Crippen LogP contribution >= 0.6 is 0 Å². The SMILES string of the molecule is C=CC1=CC(C)C=CC1C. The Hall–Kier alpha value is -0.780. The Labute approximate surface area is 62.9 Å². The lowest BCUT2D eigenvalue weighted by Crippen LogP contribution is -2.01. The van der Waals surface area contributed by atoms with Gasteiger partial charge in [0.2, 0.25) is 0 Å². The monoisotopic (exact) mass is 134 g/mol. The Morgan fingerprint density at radius 3 is 2.60 bits per heavy atom. The molecule has 2 unspecified atom stereocenters. The van der Waals surface area contributed by atoms with Gasteiger partial charge in [-0.2, -0.15) is 0 Å². The second-order valence-corrected chi connectivity index (χ2v) is 2.90. The van der Waals surface area contributed by atoms with E-state index in [2.05, 4.69) is 38.7 Å². The molecule has 0 heterocycles. The maximum absolute atomic E-state index is 3.77. The van der Waals surface area contributed by atoms with Gasteiger partial charge in [0.15, 0.2) is 0 Å². The summed E-state index contributed by atoms with van der Waals surface area (Å²) in [6.45, 7) is 8.14. The zero-order chi connectivity index (χ0) is 7.56. The lowest BCUT2D eigenvalue weighted by Gasteiger charge is -2.15. The lowest BCUT2D eigenvalue weighted by molar-refractivity contribution is 0.795. The topological polar surface area (TPSA) is 0 Å². The minimum absolute atomic E-state index is 0.564. The summed E-state index contributed by atoms with van der Waals surface area (Å²) in [6, 6.07) is 0. The molecular weight excluding hydrogens is 120 g/mol. The van der Waals surface area contributed by atoms with Gasteiger partial charge in [-0.05, 0) is 17.4 Å². The standard InChI is InChI=1S/C10H14/c1-4-10-7-8(2)5-6-9(10)3/h4-9H,1H2,2-3H3. The number of allylic oxidation sites excluding steroid dienone is 5. The molecule has 0 aromatic carbocycles. The van der Waals surface area contributed by atoms with Crippen LogP contribution in [-0.4, -0.2) is 0 Å². The summed E-state index contributed by atoms with van der Waals surface area (Å²) >= 11 is 0. The average Bonchev–Trinajstić information content (AvgIpc) is 1.94. The van der Waals surface area contributed by atoms with Crippen LogP contribution in [0.1, 0.15) is 13.8 Å². The Bertz CT molecular complexity index is 184. The predicted molar refractivity (Wildman–Crippen MR) is 45.7 cm³/mol. The van der Waals surface area contributed by atoms with Crippen LogP contribution in [0.25, 0.3) is 0 Å². The van der Waals surface area contributed by atoms with E-state index in [0.717, 1.165) is 0 Å². The molecule has 1 aliphatic carbocycles. The van der Waals surface area contributed by atoms with Gasteiger partial charge in [-0.3, -0.25) is 0 Å². The average molecular weight is 134 g/mol. The molecule has 2 atom stereocenters. The van der Waals surface area contributed by atoms with E-state index in [1.807, 2.05) is 6.08 Å². The highest BCUT2D eigenvalue weighted by atomic mass is 14.1. The molecule has 0 nitrogen and oxygen atoms in total. The Morgan fingerprint density at radius 2 is 2.10 bits per heavy atom. The summed E-state index contributed by atoms with van der Waals surface area (Å²) in [6.07, 6.45) is 8.68. The van der Waals surface area contributed by atoms with Gasteiger partial charge in [0.05, 0.1) is 0 Å². The molecule has 0 fully saturated rings. The van der Waals surface area contributed by atoms with E-state index in [4.69, 9.17) is 0 Å². The summed E-state index contributed by atoms with van der Waals surface area (Å²) in [5, 5.41) is 0. The fourth-order valence-corrected chi connectivity index (χ4v) is 1.22. The molecule has 0 aliphatic heterocycles. The van der Waals surface area contributed by atoms with Gasteiger partial charge in [0, 0.05) is 0 Å². The smallest absolute Gasteiger partial charge is 0.00134 e. The van der Waals surface area contributed by atoms with Crippen molar-refractivity contribution >= 4 is 0 Å². The van der Waals surface area contributed by atoms with Crippen LogP contribution < -0.4 is 0 Å². The van der Waals surface area contributed by atoms with Gasteiger partial charge in [0.25, 0.3) is 0 Å². The molecule has 0 saturated carbocycles. The molecule has 0 radical (unpaired) electrons. The van der Waals surface area contributed by atoms with Crippen molar-refractivity contribution in [2.45, 2.75) is 13.8 Å². The third-order valence-electron chi connectivity index (χ3n) is 1.92. The molecule has 10 heavy (non-hydrogen) atoms. The van der Waals surface area contributed by atoms with E-state index in [0.29, 0.717) is 11.8 Å². The number of hydrogen-bond acceptors (Lipinski definition) is 0. The van der Waals surface area contributed by atoms with Crippen molar-refractivity contribution in [1.29, 1.82) is 0 Å². The Balaban J connectivity index is 2.78. The molecule has 0 spiro atoms. The molecule has 0 amide bonds. The van der Waals surface area contributed by atoms with Crippen molar-refractivity contribution < 1.29 is 0 Å². The Morgan fingerprint density at radius 1 is 1.40 bits per heavy atom. The van der Waals surface area contributed by atoms with Crippen LogP contribution in [0.4, 0.5) is 0 Å². The zero-order valence-electron chi connectivity index (χ0n) is 6.67. The van der Waals surface area contributed by atoms with Gasteiger partial charge >= 0.3 is 0 Å². The minimum Gasteiger partial charge on any atom is -0.0988 e. The summed E-state index contributed by atoms with van der Waals surface area (Å²) in [5.41, 5.74) is 1.36. The Kier molecular flexibility index (Phi) is 2.10. The van der Waals surface area contributed by atoms with Crippen molar-refractivity contribution in [3.8, 4) is 0 Å². The molecule has 1 aliphatic rings.